The lowest BCUT2D eigenvalue weighted by molar-refractivity contribution is 0.0603. The van der Waals surface area contributed by atoms with E-state index in [0.29, 0.717) is 10.4 Å². The van der Waals surface area contributed by atoms with Crippen LogP contribution in [0.3, 0.4) is 0 Å². The van der Waals surface area contributed by atoms with Crippen molar-refractivity contribution in [2.24, 2.45) is 0 Å². The summed E-state index contributed by atoms with van der Waals surface area (Å²) in [4.78, 5) is 11.5. The monoisotopic (exact) mass is 242 g/mol. The number of aromatic hydroxyl groups is 1. The van der Waals surface area contributed by atoms with E-state index >= 15 is 0 Å². The fourth-order valence-electron chi connectivity index (χ4n) is 1.29. The van der Waals surface area contributed by atoms with Gasteiger partial charge in [0.1, 0.15) is 5.75 Å². The van der Waals surface area contributed by atoms with Gasteiger partial charge in [0.2, 0.25) is 0 Å². The smallest absolute Gasteiger partial charge is 0.351 e. The number of ether oxygens (including phenoxy) is 1. The number of benzene rings is 1. The van der Waals surface area contributed by atoms with Crippen LogP contribution in [0.25, 0.3) is 10.1 Å². The van der Waals surface area contributed by atoms with Crippen LogP contribution >= 0.6 is 22.9 Å². The minimum absolute atomic E-state index is 0.0654. The first-order valence-electron chi connectivity index (χ1n) is 4.13. The molecule has 0 aliphatic heterocycles. The summed E-state index contributed by atoms with van der Waals surface area (Å²) < 4.78 is 5.36. The third-order valence-corrected chi connectivity index (χ3v) is 3.37. The molecule has 1 heterocycles. The van der Waals surface area contributed by atoms with Crippen LogP contribution in [0.4, 0.5) is 0 Å². The zero-order valence-corrected chi connectivity index (χ0v) is 9.35. The lowest BCUT2D eigenvalue weighted by atomic mass is 10.2. The molecule has 0 bridgehead atoms. The number of methoxy groups -OCH3 is 1. The fraction of sp³-hybridized carbons (Fsp3) is 0.100. The Morgan fingerprint density at radius 3 is 2.93 bits per heavy atom. The van der Waals surface area contributed by atoms with E-state index in [1.54, 1.807) is 18.2 Å². The predicted octanol–water partition coefficient (Wildman–Crippen LogP) is 3.05. The van der Waals surface area contributed by atoms with E-state index in [1.807, 2.05) is 0 Å². The Kier molecular flexibility index (Phi) is 2.54. The number of hydrogen-bond donors (Lipinski definition) is 1. The topological polar surface area (TPSA) is 46.5 Å². The third-order valence-electron chi connectivity index (χ3n) is 1.99. The van der Waals surface area contributed by atoms with Gasteiger partial charge in [-0.25, -0.2) is 4.79 Å². The molecule has 0 radical (unpaired) electrons. The minimum Gasteiger partial charge on any atom is -0.505 e. The van der Waals surface area contributed by atoms with Crippen LogP contribution in [0.15, 0.2) is 18.2 Å². The molecule has 0 unspecified atom stereocenters. The van der Waals surface area contributed by atoms with E-state index < -0.39 is 5.97 Å². The average molecular weight is 243 g/mol. The molecule has 0 saturated carbocycles. The number of hydrogen-bond acceptors (Lipinski definition) is 4. The Morgan fingerprint density at radius 1 is 1.53 bits per heavy atom. The van der Waals surface area contributed by atoms with Crippen molar-refractivity contribution in [3.05, 3.63) is 28.1 Å². The van der Waals surface area contributed by atoms with Gasteiger partial charge < -0.3 is 9.84 Å². The number of carbonyl (C=O) groups is 1. The standard InChI is InChI=1S/C10H7ClO3S/c1-14-10(13)9-8(12)6-4-5(11)2-3-7(6)15-9/h2-4,12H,1H3. The molecule has 1 aromatic carbocycles. The van der Waals surface area contributed by atoms with Crippen molar-refractivity contribution in [2.75, 3.05) is 7.11 Å². The first-order chi connectivity index (χ1) is 7.13. The molecule has 0 saturated heterocycles. The molecule has 5 heteroatoms. The molecule has 0 fully saturated rings. The molecule has 3 nitrogen and oxygen atoms in total. The first kappa shape index (κ1) is 10.3. The van der Waals surface area contributed by atoms with Crippen LogP contribution in [0.1, 0.15) is 9.67 Å². The molecule has 0 aliphatic rings. The van der Waals surface area contributed by atoms with Gasteiger partial charge in [-0.15, -0.1) is 11.3 Å². The van der Waals surface area contributed by atoms with Crippen molar-refractivity contribution in [1.82, 2.24) is 0 Å². The number of thiophene rings is 1. The van der Waals surface area contributed by atoms with Gasteiger partial charge in [0.05, 0.1) is 7.11 Å². The van der Waals surface area contributed by atoms with Crippen LogP contribution in [0.5, 0.6) is 5.75 Å². The summed E-state index contributed by atoms with van der Waals surface area (Å²) in [5.41, 5.74) is 0. The van der Waals surface area contributed by atoms with Crippen molar-refractivity contribution < 1.29 is 14.6 Å². The zero-order valence-electron chi connectivity index (χ0n) is 7.78. The Labute approximate surface area is 94.9 Å². The molecule has 1 N–H and O–H groups in total. The van der Waals surface area contributed by atoms with E-state index in [4.69, 9.17) is 11.6 Å². The normalized spacial score (nSPS) is 10.5. The summed E-state index contributed by atoms with van der Waals surface area (Å²) >= 11 is 6.97. The van der Waals surface area contributed by atoms with E-state index in [9.17, 15) is 9.90 Å². The SMILES string of the molecule is COC(=O)c1sc2ccc(Cl)cc2c1O. The highest BCUT2D eigenvalue weighted by atomic mass is 35.5. The number of rotatable bonds is 1. The predicted molar refractivity (Wildman–Crippen MR) is 59.8 cm³/mol. The molecule has 2 aromatic rings. The Balaban J connectivity index is 2.69. The van der Waals surface area contributed by atoms with Gasteiger partial charge in [-0.2, -0.15) is 0 Å². The maximum absolute atomic E-state index is 11.3. The average Bonchev–Trinajstić information content (AvgIpc) is 2.55. The number of esters is 1. The van der Waals surface area contributed by atoms with Crippen LogP contribution in [-0.2, 0) is 4.74 Å². The molecule has 0 amide bonds. The van der Waals surface area contributed by atoms with Crippen molar-refractivity contribution in [3.63, 3.8) is 0 Å². The highest BCUT2D eigenvalue weighted by Crippen LogP contribution is 2.38. The second kappa shape index (κ2) is 3.72. The van der Waals surface area contributed by atoms with Crippen LogP contribution in [-0.4, -0.2) is 18.2 Å². The lowest BCUT2D eigenvalue weighted by Gasteiger charge is -1.95. The molecule has 2 rings (SSSR count). The number of halogens is 1. The molecule has 15 heavy (non-hydrogen) atoms. The van der Waals surface area contributed by atoms with Crippen molar-refractivity contribution >= 4 is 39.0 Å². The van der Waals surface area contributed by atoms with Gasteiger partial charge in [-0.1, -0.05) is 11.6 Å². The molecular formula is C10H7ClO3S. The Bertz CT molecular complexity index is 533. The van der Waals surface area contributed by atoms with Crippen molar-refractivity contribution in [3.8, 4) is 5.75 Å². The summed E-state index contributed by atoms with van der Waals surface area (Å²) in [6, 6.07) is 5.09. The van der Waals surface area contributed by atoms with Gasteiger partial charge in [0.25, 0.3) is 0 Å². The fourth-order valence-corrected chi connectivity index (χ4v) is 2.45. The maximum Gasteiger partial charge on any atom is 0.351 e. The summed E-state index contributed by atoms with van der Waals surface area (Å²) in [7, 11) is 1.28. The molecule has 0 atom stereocenters. The Hall–Kier alpha value is -1.26. The minimum atomic E-state index is -0.537. The number of carbonyl (C=O) groups excluding carboxylic acids is 1. The van der Waals surface area contributed by atoms with Gasteiger partial charge in [0.15, 0.2) is 4.88 Å². The van der Waals surface area contributed by atoms with Crippen molar-refractivity contribution in [1.29, 1.82) is 0 Å². The second-order valence-electron chi connectivity index (χ2n) is 2.91. The zero-order chi connectivity index (χ0) is 11.0. The third kappa shape index (κ3) is 1.66. The molecule has 0 spiro atoms. The van der Waals surface area contributed by atoms with E-state index in [-0.39, 0.29) is 10.6 Å². The first-order valence-corrected chi connectivity index (χ1v) is 5.32. The molecular weight excluding hydrogens is 236 g/mol. The van der Waals surface area contributed by atoms with Crippen LogP contribution in [0, 0.1) is 0 Å². The largest absolute Gasteiger partial charge is 0.505 e. The summed E-state index contributed by atoms with van der Waals surface area (Å²) in [5, 5.41) is 10.9. The van der Waals surface area contributed by atoms with E-state index in [2.05, 4.69) is 4.74 Å². The van der Waals surface area contributed by atoms with Gasteiger partial charge in [0, 0.05) is 15.1 Å². The second-order valence-corrected chi connectivity index (χ2v) is 4.40. The highest BCUT2D eigenvalue weighted by Gasteiger charge is 2.18. The maximum atomic E-state index is 11.3. The summed E-state index contributed by atoms with van der Waals surface area (Å²) in [6.07, 6.45) is 0. The van der Waals surface area contributed by atoms with E-state index in [1.165, 1.54) is 18.4 Å². The molecule has 1 aromatic heterocycles. The lowest BCUT2D eigenvalue weighted by Crippen LogP contribution is -1.97. The van der Waals surface area contributed by atoms with Gasteiger partial charge in [-0.05, 0) is 18.2 Å². The number of fused-ring (bicyclic) bond motifs is 1. The van der Waals surface area contributed by atoms with Gasteiger partial charge >= 0.3 is 5.97 Å². The highest BCUT2D eigenvalue weighted by molar-refractivity contribution is 7.21. The Morgan fingerprint density at radius 2 is 2.27 bits per heavy atom. The van der Waals surface area contributed by atoms with Crippen LogP contribution < -0.4 is 0 Å². The van der Waals surface area contributed by atoms with E-state index in [0.717, 1.165) is 4.70 Å². The summed E-state index contributed by atoms with van der Waals surface area (Å²) in [6.45, 7) is 0. The van der Waals surface area contributed by atoms with Gasteiger partial charge in [-0.3, -0.25) is 0 Å². The summed E-state index contributed by atoms with van der Waals surface area (Å²) in [5.74, 6) is -0.603. The van der Waals surface area contributed by atoms with Crippen molar-refractivity contribution in [2.45, 2.75) is 0 Å². The van der Waals surface area contributed by atoms with Crippen LogP contribution in [0.2, 0.25) is 5.02 Å². The molecule has 0 aliphatic carbocycles. The quantitative estimate of drug-likeness (QED) is 0.782. The molecule has 78 valence electrons.